The molecule has 2 rings (SSSR count). The Kier molecular flexibility index (Phi) is 4.74. The van der Waals surface area contributed by atoms with Gasteiger partial charge in [0.2, 0.25) is 0 Å². The molecule has 0 unspecified atom stereocenters. The van der Waals surface area contributed by atoms with Crippen LogP contribution in [0.5, 0.6) is 0 Å². The van der Waals surface area contributed by atoms with Crippen LogP contribution >= 0.6 is 0 Å². The van der Waals surface area contributed by atoms with Crippen LogP contribution < -0.4 is 5.46 Å². The van der Waals surface area contributed by atoms with Crippen LogP contribution in [0.2, 0.25) is 0 Å². The standard InChI is InChI=1S/C16H24BNO3/c1-6-16(3,4)21-17(20-7-2)13-9-8-12-11-18(5)15(19)14(12)10-13/h8-10H,6-7,11H2,1-5H3. The molecule has 1 aliphatic heterocycles. The highest BCUT2D eigenvalue weighted by Crippen LogP contribution is 2.21. The zero-order chi connectivity index (χ0) is 15.6. The number of benzene rings is 1. The van der Waals surface area contributed by atoms with E-state index in [4.69, 9.17) is 9.31 Å². The molecule has 0 N–H and O–H groups in total. The van der Waals surface area contributed by atoms with E-state index in [2.05, 4.69) is 6.92 Å². The topological polar surface area (TPSA) is 38.8 Å². The first kappa shape index (κ1) is 16.1. The summed E-state index contributed by atoms with van der Waals surface area (Å²) < 4.78 is 11.8. The Morgan fingerprint density at radius 1 is 1.33 bits per heavy atom. The number of nitrogens with zero attached hydrogens (tertiary/aromatic N) is 1. The summed E-state index contributed by atoms with van der Waals surface area (Å²) in [4.78, 5) is 13.8. The van der Waals surface area contributed by atoms with Crippen LogP contribution in [0.15, 0.2) is 18.2 Å². The molecule has 21 heavy (non-hydrogen) atoms. The van der Waals surface area contributed by atoms with Gasteiger partial charge < -0.3 is 14.2 Å². The molecular weight excluding hydrogens is 265 g/mol. The van der Waals surface area contributed by atoms with Crippen LogP contribution in [0.25, 0.3) is 0 Å². The zero-order valence-corrected chi connectivity index (χ0v) is 13.6. The summed E-state index contributed by atoms with van der Waals surface area (Å²) in [5, 5.41) is 0. The largest absolute Gasteiger partial charge is 0.494 e. The highest BCUT2D eigenvalue weighted by molar-refractivity contribution is 6.61. The quantitative estimate of drug-likeness (QED) is 0.754. The van der Waals surface area contributed by atoms with Gasteiger partial charge in [0.25, 0.3) is 5.91 Å². The van der Waals surface area contributed by atoms with E-state index >= 15 is 0 Å². The van der Waals surface area contributed by atoms with Crippen molar-refractivity contribution in [2.45, 2.75) is 46.3 Å². The van der Waals surface area contributed by atoms with Crippen molar-refractivity contribution in [3.8, 4) is 0 Å². The molecule has 1 amide bonds. The predicted octanol–water partition coefficient (Wildman–Crippen LogP) is 2.21. The van der Waals surface area contributed by atoms with Gasteiger partial charge in [0.05, 0.1) is 0 Å². The Morgan fingerprint density at radius 2 is 2.05 bits per heavy atom. The van der Waals surface area contributed by atoms with Gasteiger partial charge in [0.1, 0.15) is 0 Å². The summed E-state index contributed by atoms with van der Waals surface area (Å²) in [6, 6.07) is 5.91. The molecule has 0 saturated heterocycles. The van der Waals surface area contributed by atoms with Crippen molar-refractivity contribution < 1.29 is 14.1 Å². The molecule has 5 heteroatoms. The zero-order valence-electron chi connectivity index (χ0n) is 13.6. The second-order valence-electron chi connectivity index (χ2n) is 6.10. The van der Waals surface area contributed by atoms with Crippen molar-refractivity contribution in [3.05, 3.63) is 29.3 Å². The lowest BCUT2D eigenvalue weighted by Crippen LogP contribution is -2.44. The van der Waals surface area contributed by atoms with Crippen LogP contribution in [0.4, 0.5) is 0 Å². The normalized spacial score (nSPS) is 14.5. The van der Waals surface area contributed by atoms with Crippen molar-refractivity contribution in [2.75, 3.05) is 13.7 Å². The molecule has 0 radical (unpaired) electrons. The fourth-order valence-electron chi connectivity index (χ4n) is 2.33. The first-order chi connectivity index (χ1) is 9.88. The third-order valence-electron chi connectivity index (χ3n) is 3.99. The Morgan fingerprint density at radius 3 is 2.67 bits per heavy atom. The average Bonchev–Trinajstić information content (AvgIpc) is 2.73. The van der Waals surface area contributed by atoms with E-state index in [1.54, 1.807) is 4.90 Å². The van der Waals surface area contributed by atoms with E-state index < -0.39 is 7.12 Å². The minimum Gasteiger partial charge on any atom is -0.408 e. The molecule has 4 nitrogen and oxygen atoms in total. The van der Waals surface area contributed by atoms with Crippen LogP contribution in [0, 0.1) is 0 Å². The van der Waals surface area contributed by atoms with E-state index in [0.29, 0.717) is 13.2 Å². The van der Waals surface area contributed by atoms with E-state index in [9.17, 15) is 4.79 Å². The summed E-state index contributed by atoms with van der Waals surface area (Å²) in [6.45, 7) is 9.37. The molecule has 0 aromatic heterocycles. The number of fused-ring (bicyclic) bond motifs is 1. The smallest absolute Gasteiger partial charge is 0.408 e. The van der Waals surface area contributed by atoms with Gasteiger partial charge in [-0.05, 0) is 44.3 Å². The highest BCUT2D eigenvalue weighted by atomic mass is 16.6. The Hall–Kier alpha value is -1.33. The van der Waals surface area contributed by atoms with E-state index in [1.807, 2.05) is 46.0 Å². The fourth-order valence-corrected chi connectivity index (χ4v) is 2.33. The molecule has 1 heterocycles. The first-order valence-corrected chi connectivity index (χ1v) is 7.55. The fraction of sp³-hybridized carbons (Fsp3) is 0.562. The number of carbonyl (C=O) groups is 1. The molecule has 114 valence electrons. The van der Waals surface area contributed by atoms with Crippen molar-refractivity contribution in [1.29, 1.82) is 0 Å². The van der Waals surface area contributed by atoms with Crippen molar-refractivity contribution in [3.63, 3.8) is 0 Å². The van der Waals surface area contributed by atoms with Crippen LogP contribution in [-0.4, -0.2) is 37.2 Å². The molecule has 0 aliphatic carbocycles. The van der Waals surface area contributed by atoms with E-state index in [1.165, 1.54) is 0 Å². The van der Waals surface area contributed by atoms with E-state index in [0.717, 1.165) is 23.0 Å². The average molecular weight is 289 g/mol. The van der Waals surface area contributed by atoms with Crippen LogP contribution in [-0.2, 0) is 15.9 Å². The minimum absolute atomic E-state index is 0.0665. The number of rotatable bonds is 6. The summed E-state index contributed by atoms with van der Waals surface area (Å²) >= 11 is 0. The monoisotopic (exact) mass is 289 g/mol. The van der Waals surface area contributed by atoms with Gasteiger partial charge in [-0.1, -0.05) is 19.1 Å². The van der Waals surface area contributed by atoms with Gasteiger partial charge in [0, 0.05) is 31.4 Å². The predicted molar refractivity (Wildman–Crippen MR) is 84.7 cm³/mol. The molecule has 0 spiro atoms. The first-order valence-electron chi connectivity index (χ1n) is 7.55. The third kappa shape index (κ3) is 3.47. The summed E-state index contributed by atoms with van der Waals surface area (Å²) in [6.07, 6.45) is 0.892. The van der Waals surface area contributed by atoms with Gasteiger partial charge in [-0.15, -0.1) is 0 Å². The van der Waals surface area contributed by atoms with Crippen molar-refractivity contribution in [2.24, 2.45) is 0 Å². The van der Waals surface area contributed by atoms with Gasteiger partial charge in [-0.2, -0.15) is 0 Å². The van der Waals surface area contributed by atoms with Gasteiger partial charge >= 0.3 is 7.12 Å². The Labute approximate surface area is 127 Å². The molecule has 1 aromatic rings. The minimum atomic E-state index is -0.436. The molecule has 0 bridgehead atoms. The lowest BCUT2D eigenvalue weighted by atomic mass is 9.76. The summed E-state index contributed by atoms with van der Waals surface area (Å²) in [7, 11) is 1.38. The van der Waals surface area contributed by atoms with E-state index in [-0.39, 0.29) is 11.5 Å². The number of hydrogen-bond acceptors (Lipinski definition) is 3. The molecule has 0 saturated carbocycles. The number of carbonyl (C=O) groups excluding carboxylic acids is 1. The number of amides is 1. The van der Waals surface area contributed by atoms with Crippen molar-refractivity contribution in [1.82, 2.24) is 4.90 Å². The SMILES string of the molecule is CCOB(OC(C)(C)CC)c1ccc2c(c1)C(=O)N(C)C2. The number of hydrogen-bond donors (Lipinski definition) is 0. The molecule has 1 aliphatic rings. The highest BCUT2D eigenvalue weighted by Gasteiger charge is 2.32. The second-order valence-corrected chi connectivity index (χ2v) is 6.10. The van der Waals surface area contributed by atoms with Gasteiger partial charge in [0.15, 0.2) is 0 Å². The lowest BCUT2D eigenvalue weighted by molar-refractivity contribution is 0.0706. The molecule has 1 aromatic carbocycles. The molecule has 0 atom stereocenters. The maximum atomic E-state index is 12.1. The second kappa shape index (κ2) is 6.20. The summed E-state index contributed by atoms with van der Waals surface area (Å²) in [5.41, 5.74) is 2.47. The third-order valence-corrected chi connectivity index (χ3v) is 3.99. The Bertz CT molecular complexity index is 530. The van der Waals surface area contributed by atoms with Crippen molar-refractivity contribution >= 4 is 18.5 Å². The van der Waals surface area contributed by atoms with Crippen LogP contribution in [0.3, 0.4) is 0 Å². The maximum absolute atomic E-state index is 12.1. The summed E-state index contributed by atoms with van der Waals surface area (Å²) in [5.74, 6) is 0.0665. The van der Waals surface area contributed by atoms with Gasteiger partial charge in [-0.3, -0.25) is 4.79 Å². The van der Waals surface area contributed by atoms with Crippen LogP contribution in [0.1, 0.15) is 50.0 Å². The molecular formula is C16H24BNO3. The molecule has 0 fully saturated rings. The Balaban J connectivity index is 2.28. The van der Waals surface area contributed by atoms with Gasteiger partial charge in [-0.25, -0.2) is 0 Å². The lowest BCUT2D eigenvalue weighted by Gasteiger charge is -2.28. The maximum Gasteiger partial charge on any atom is 0.494 e.